The van der Waals surface area contributed by atoms with Crippen LogP contribution in [0, 0.1) is 18.3 Å². The van der Waals surface area contributed by atoms with Gasteiger partial charge in [-0.1, -0.05) is 0 Å². The number of nitrogens with zero attached hydrogens (tertiary/aromatic N) is 4. The highest BCUT2D eigenvalue weighted by Crippen LogP contribution is 2.19. The summed E-state index contributed by atoms with van der Waals surface area (Å²) in [5, 5.41) is 10.9. The van der Waals surface area contributed by atoms with E-state index >= 15 is 0 Å². The highest BCUT2D eigenvalue weighted by molar-refractivity contribution is 7.10. The summed E-state index contributed by atoms with van der Waals surface area (Å²) in [5.74, 6) is 0.768. The summed E-state index contributed by atoms with van der Waals surface area (Å²) in [5.41, 5.74) is 1.68. The van der Waals surface area contributed by atoms with Gasteiger partial charge in [-0.25, -0.2) is 9.97 Å². The Morgan fingerprint density at radius 3 is 2.94 bits per heavy atom. The van der Waals surface area contributed by atoms with Gasteiger partial charge in [0.1, 0.15) is 23.9 Å². The Bertz CT molecular complexity index is 556. The number of aromatic nitrogens is 2. The molecule has 0 aliphatic rings. The lowest BCUT2D eigenvalue weighted by atomic mass is 10.3. The van der Waals surface area contributed by atoms with Crippen molar-refractivity contribution >= 4 is 17.2 Å². The van der Waals surface area contributed by atoms with E-state index in [4.69, 9.17) is 5.26 Å². The third-order valence-electron chi connectivity index (χ3n) is 2.51. The van der Waals surface area contributed by atoms with Gasteiger partial charge in [-0.05, 0) is 23.9 Å². The predicted molar refractivity (Wildman–Crippen MR) is 67.9 cm³/mol. The zero-order valence-corrected chi connectivity index (χ0v) is 10.5. The van der Waals surface area contributed by atoms with Crippen molar-refractivity contribution in [2.24, 2.45) is 0 Å². The third-order valence-corrected chi connectivity index (χ3v) is 3.51. The molecule has 0 aliphatic carbocycles. The average Bonchev–Trinajstić information content (AvgIpc) is 2.75. The first-order valence-corrected chi connectivity index (χ1v) is 6.05. The first kappa shape index (κ1) is 11.6. The quantitative estimate of drug-likeness (QED) is 0.831. The number of thiophene rings is 1. The zero-order valence-electron chi connectivity index (χ0n) is 9.71. The molecule has 2 aromatic rings. The molecule has 0 atom stereocenters. The van der Waals surface area contributed by atoms with Gasteiger partial charge in [0.05, 0.1) is 6.54 Å². The summed E-state index contributed by atoms with van der Waals surface area (Å²) in [7, 11) is 1.96. The second kappa shape index (κ2) is 4.93. The van der Waals surface area contributed by atoms with Crippen molar-refractivity contribution in [1.82, 2.24) is 9.97 Å². The van der Waals surface area contributed by atoms with Crippen LogP contribution in [0.2, 0.25) is 0 Å². The van der Waals surface area contributed by atoms with Crippen LogP contribution in [0.25, 0.3) is 0 Å². The Balaban J connectivity index is 2.17. The van der Waals surface area contributed by atoms with Crippen molar-refractivity contribution in [2.75, 3.05) is 11.9 Å². The molecule has 0 unspecified atom stereocenters. The molecule has 4 nitrogen and oxygen atoms in total. The third kappa shape index (κ3) is 2.60. The molecule has 86 valence electrons. The van der Waals surface area contributed by atoms with Crippen molar-refractivity contribution in [3.63, 3.8) is 0 Å². The minimum Gasteiger partial charge on any atom is -0.354 e. The van der Waals surface area contributed by atoms with E-state index in [-0.39, 0.29) is 0 Å². The summed E-state index contributed by atoms with van der Waals surface area (Å²) in [6.07, 6.45) is 1.42. The van der Waals surface area contributed by atoms with Crippen LogP contribution >= 0.6 is 11.3 Å². The molecule has 2 rings (SSSR count). The molecule has 0 aliphatic heterocycles. The Labute approximate surface area is 104 Å². The van der Waals surface area contributed by atoms with Gasteiger partial charge in [-0.2, -0.15) is 5.26 Å². The topological polar surface area (TPSA) is 52.8 Å². The van der Waals surface area contributed by atoms with E-state index < -0.39 is 0 Å². The molecule has 0 spiro atoms. The minimum atomic E-state index is 0.393. The molecule has 0 radical (unpaired) electrons. The first-order valence-electron chi connectivity index (χ1n) is 5.17. The maximum Gasteiger partial charge on any atom is 0.145 e. The van der Waals surface area contributed by atoms with E-state index in [1.165, 1.54) is 16.8 Å². The fraction of sp³-hybridized carbons (Fsp3) is 0.250. The molecule has 0 saturated heterocycles. The van der Waals surface area contributed by atoms with Gasteiger partial charge < -0.3 is 4.90 Å². The molecule has 0 amide bonds. The normalized spacial score (nSPS) is 9.94. The highest BCUT2D eigenvalue weighted by Gasteiger charge is 2.07. The predicted octanol–water partition coefficient (Wildman–Crippen LogP) is 2.35. The van der Waals surface area contributed by atoms with Crippen molar-refractivity contribution in [2.45, 2.75) is 13.5 Å². The molecule has 17 heavy (non-hydrogen) atoms. The molecule has 0 saturated carbocycles. The highest BCUT2D eigenvalue weighted by atomic mass is 32.1. The molecule has 5 heteroatoms. The van der Waals surface area contributed by atoms with Crippen LogP contribution < -0.4 is 4.90 Å². The monoisotopic (exact) mass is 244 g/mol. The van der Waals surface area contributed by atoms with E-state index in [0.717, 1.165) is 12.4 Å². The van der Waals surface area contributed by atoms with Crippen molar-refractivity contribution in [3.05, 3.63) is 40.0 Å². The summed E-state index contributed by atoms with van der Waals surface area (Å²) in [4.78, 5) is 11.3. The van der Waals surface area contributed by atoms with Gasteiger partial charge in [-0.15, -0.1) is 11.3 Å². The SMILES string of the molecule is Cc1ccsc1CN(C)c1cc(C#N)ncn1. The summed E-state index contributed by atoms with van der Waals surface area (Å²) in [6, 6.07) is 5.82. The molecular weight excluding hydrogens is 232 g/mol. The van der Waals surface area contributed by atoms with Gasteiger partial charge in [0, 0.05) is 18.0 Å². The van der Waals surface area contributed by atoms with E-state index in [1.807, 2.05) is 18.0 Å². The second-order valence-corrected chi connectivity index (χ2v) is 4.76. The lowest BCUT2D eigenvalue weighted by Crippen LogP contribution is -2.17. The molecule has 0 N–H and O–H groups in total. The number of hydrogen-bond donors (Lipinski definition) is 0. The van der Waals surface area contributed by atoms with Crippen LogP contribution in [0.5, 0.6) is 0 Å². The van der Waals surface area contributed by atoms with Crippen molar-refractivity contribution < 1.29 is 0 Å². The van der Waals surface area contributed by atoms with Gasteiger partial charge in [-0.3, -0.25) is 0 Å². The lowest BCUT2D eigenvalue weighted by molar-refractivity contribution is 0.897. The van der Waals surface area contributed by atoms with Crippen LogP contribution in [0.15, 0.2) is 23.8 Å². The van der Waals surface area contributed by atoms with Crippen molar-refractivity contribution in [1.29, 1.82) is 5.26 Å². The number of hydrogen-bond acceptors (Lipinski definition) is 5. The Morgan fingerprint density at radius 1 is 1.47 bits per heavy atom. The Morgan fingerprint density at radius 2 is 2.29 bits per heavy atom. The van der Waals surface area contributed by atoms with Crippen molar-refractivity contribution in [3.8, 4) is 6.07 Å². The minimum absolute atomic E-state index is 0.393. The van der Waals surface area contributed by atoms with E-state index in [1.54, 1.807) is 17.4 Å². The van der Waals surface area contributed by atoms with Crippen LogP contribution in [0.3, 0.4) is 0 Å². The van der Waals surface area contributed by atoms with Gasteiger partial charge in [0.2, 0.25) is 0 Å². The second-order valence-electron chi connectivity index (χ2n) is 3.76. The molecule has 0 bridgehead atoms. The molecule has 0 aromatic carbocycles. The largest absolute Gasteiger partial charge is 0.354 e. The lowest BCUT2D eigenvalue weighted by Gasteiger charge is -2.17. The fourth-order valence-electron chi connectivity index (χ4n) is 1.48. The first-order chi connectivity index (χ1) is 8.20. The summed E-state index contributed by atoms with van der Waals surface area (Å²) in [6.45, 7) is 2.89. The van der Waals surface area contributed by atoms with E-state index in [0.29, 0.717) is 5.69 Å². The number of nitriles is 1. The van der Waals surface area contributed by atoms with Gasteiger partial charge in [0.15, 0.2) is 0 Å². The summed E-state index contributed by atoms with van der Waals surface area (Å²) < 4.78 is 0. The molecule has 2 aromatic heterocycles. The van der Waals surface area contributed by atoms with Crippen LogP contribution in [0.4, 0.5) is 5.82 Å². The van der Waals surface area contributed by atoms with Crippen LogP contribution in [-0.4, -0.2) is 17.0 Å². The van der Waals surface area contributed by atoms with Gasteiger partial charge in [0.25, 0.3) is 0 Å². The molecule has 2 heterocycles. The number of rotatable bonds is 3. The summed E-state index contributed by atoms with van der Waals surface area (Å²) >= 11 is 1.73. The zero-order chi connectivity index (χ0) is 12.3. The molecule has 0 fully saturated rings. The fourth-order valence-corrected chi connectivity index (χ4v) is 2.44. The smallest absolute Gasteiger partial charge is 0.145 e. The van der Waals surface area contributed by atoms with E-state index in [9.17, 15) is 0 Å². The van der Waals surface area contributed by atoms with E-state index in [2.05, 4.69) is 28.3 Å². The maximum absolute atomic E-state index is 8.79. The standard InChI is InChI=1S/C12H12N4S/c1-9-3-4-17-11(9)7-16(2)12-5-10(6-13)14-8-15-12/h3-5,8H,7H2,1-2H3. The molecular formula is C12H12N4S. The maximum atomic E-state index is 8.79. The van der Waals surface area contributed by atoms with Crippen LogP contribution in [-0.2, 0) is 6.54 Å². The average molecular weight is 244 g/mol. The number of anilines is 1. The Hall–Kier alpha value is -1.93. The number of aryl methyl sites for hydroxylation is 1. The Kier molecular flexibility index (Phi) is 3.35. The van der Waals surface area contributed by atoms with Gasteiger partial charge >= 0.3 is 0 Å². The van der Waals surface area contributed by atoms with Crippen LogP contribution in [0.1, 0.15) is 16.1 Å².